The molecule has 0 saturated carbocycles. The Morgan fingerprint density at radius 2 is 0.960 bits per heavy atom. The quantitative estimate of drug-likeness (QED) is 0.0161. The van der Waals surface area contributed by atoms with Gasteiger partial charge in [0.15, 0.2) is 0 Å². The van der Waals surface area contributed by atoms with Gasteiger partial charge in [-0.25, -0.2) is 19.6 Å². The van der Waals surface area contributed by atoms with E-state index in [0.717, 1.165) is 66.3 Å². The SMILES string of the molecule is C.C.C=Cc1ccc(CCl)cc1.C=Cc1ccc(CN)cc1.C=Cc1ccc(CN2C(=O)NC(=O)C(C)C2=O)cc1.C=Cc1ccc(CNC(N)=O)cc1.CCC(C)c1ccc(CN2C(=O)NC(=O)C(C)C2=O)cc1.CCOC(=O)C(C)C(C)=O.N#C[O-].O=C1[N-]C(=O)c2ccccc21.[K+].[K+]. The second kappa shape index (κ2) is 52.8. The van der Waals surface area contributed by atoms with E-state index in [4.69, 9.17) is 33.4 Å². The summed E-state index contributed by atoms with van der Waals surface area (Å²) >= 11 is 5.60. The van der Waals surface area contributed by atoms with E-state index in [1.54, 1.807) is 50.3 Å². The maximum atomic E-state index is 12.0. The van der Waals surface area contributed by atoms with Gasteiger partial charge in [0.2, 0.25) is 23.6 Å². The van der Waals surface area contributed by atoms with Gasteiger partial charge in [0.05, 0.1) is 31.5 Å². The first-order chi connectivity index (χ1) is 46.2. The topological polar surface area (TPSA) is 353 Å². The molecule has 6 aromatic carbocycles. The van der Waals surface area contributed by atoms with Crippen molar-refractivity contribution in [2.24, 2.45) is 29.2 Å². The predicted octanol–water partition coefficient (Wildman–Crippen LogP) is 6.55. The number of fused-ring (bicyclic) bond motifs is 1. The van der Waals surface area contributed by atoms with Gasteiger partial charge in [0, 0.05) is 36.4 Å². The summed E-state index contributed by atoms with van der Waals surface area (Å²) in [5, 5.41) is 25.2. The number of amides is 12. The number of carbonyl (C=O) groups excluding carboxylic acids is 11. The number of nitriles is 1. The summed E-state index contributed by atoms with van der Waals surface area (Å²) in [6.07, 6.45) is 8.68. The van der Waals surface area contributed by atoms with Crippen molar-refractivity contribution >= 4 is 101 Å². The number of benzene rings is 6. The summed E-state index contributed by atoms with van der Waals surface area (Å²) in [4.78, 5) is 126. The molecular formula is C76H90ClK2N9O13. The fraction of sp³-hybridized carbons (Fsp3) is 0.263. The number of hydrogen-bond acceptors (Lipinski definition) is 15. The van der Waals surface area contributed by atoms with Gasteiger partial charge in [-0.3, -0.25) is 49.2 Å². The summed E-state index contributed by atoms with van der Waals surface area (Å²) in [6, 6.07) is 43.8. The normalized spacial score (nSPS) is 13.8. The number of carbonyl (C=O) groups is 11. The number of Topliss-reactive ketones (excluding diaryl/α,β-unsaturated/α-hetero) is 1. The number of nitrogens with zero attached hydrogens (tertiary/aromatic N) is 4. The van der Waals surface area contributed by atoms with E-state index in [0.29, 0.717) is 48.9 Å². The van der Waals surface area contributed by atoms with Crippen LogP contribution in [0.3, 0.4) is 0 Å². The van der Waals surface area contributed by atoms with Gasteiger partial charge in [-0.15, -0.1) is 11.6 Å². The summed E-state index contributed by atoms with van der Waals surface area (Å²) in [7, 11) is 0. The molecule has 101 heavy (non-hydrogen) atoms. The summed E-state index contributed by atoms with van der Waals surface area (Å²) in [6.45, 7) is 28.3. The number of hydrogen-bond donors (Lipinski definition) is 5. The van der Waals surface area contributed by atoms with E-state index in [9.17, 15) is 52.7 Å². The largest absolute Gasteiger partial charge is 1.00 e. The van der Waals surface area contributed by atoms with Crippen LogP contribution in [0, 0.1) is 29.3 Å². The number of alkyl halides is 1. The zero-order valence-corrected chi connectivity index (χ0v) is 64.4. The molecule has 6 aromatic rings. The van der Waals surface area contributed by atoms with Gasteiger partial charge >= 0.3 is 127 Å². The molecule has 4 unspecified atom stereocenters. The Kier molecular flexibility index (Phi) is 50.7. The maximum absolute atomic E-state index is 12.0. The van der Waals surface area contributed by atoms with Crippen LogP contribution >= 0.6 is 11.6 Å². The minimum Gasteiger partial charge on any atom is -0.812 e. The zero-order valence-electron chi connectivity index (χ0n) is 57.4. The number of ether oxygens (including phenoxy) is 1. The van der Waals surface area contributed by atoms with Crippen molar-refractivity contribution in [1.29, 1.82) is 5.26 Å². The van der Waals surface area contributed by atoms with Crippen molar-refractivity contribution in [3.8, 4) is 6.26 Å². The number of esters is 1. The van der Waals surface area contributed by atoms with Gasteiger partial charge in [-0.05, 0) is 103 Å². The number of imide groups is 5. The summed E-state index contributed by atoms with van der Waals surface area (Å²) in [5.41, 5.74) is 21.7. The van der Waals surface area contributed by atoms with Crippen LogP contribution in [0.15, 0.2) is 172 Å². The molecule has 0 radical (unpaired) electrons. The number of nitrogens with one attached hydrogen (secondary N) is 3. The van der Waals surface area contributed by atoms with Crippen LogP contribution in [0.25, 0.3) is 29.6 Å². The fourth-order valence-electron chi connectivity index (χ4n) is 8.06. The van der Waals surface area contributed by atoms with Crippen LogP contribution < -0.4 is 135 Å². The molecule has 22 nitrogen and oxygen atoms in total. The minimum absolute atomic E-state index is 0. The number of ketones is 1. The molecule has 0 aliphatic carbocycles. The van der Waals surface area contributed by atoms with Crippen molar-refractivity contribution in [3.05, 3.63) is 244 Å². The molecule has 3 aliphatic heterocycles. The number of urea groups is 3. The molecule has 25 heteroatoms. The van der Waals surface area contributed by atoms with Crippen LogP contribution in [-0.2, 0) is 65.6 Å². The molecular weight excluding hydrogens is 1360 g/mol. The number of rotatable bonds is 17. The van der Waals surface area contributed by atoms with Crippen molar-refractivity contribution in [1.82, 2.24) is 25.8 Å². The van der Waals surface area contributed by atoms with Gasteiger partial charge in [-0.2, -0.15) is 0 Å². The second-order valence-corrected chi connectivity index (χ2v) is 21.5. The second-order valence-electron chi connectivity index (χ2n) is 21.2. The standard InChI is InChI=1S/C16H20N2O3.C14H14N2O3.C10H12N2O.C9H9Cl.C9H11N.C8H5NO2.C7H12O3.CHNO.2CH4.2K/c1-4-10(2)13-7-5-12(6-8-13)9-18-15(20)11(3)14(19)17-16(18)21;1-3-10-4-6-11(7-5-10)8-16-13(18)9(2)12(17)15-14(16)19;1-2-8-3-5-9(6-4-8)7-12-10(11)13;2*1-2-8-3-5-9(7-10)6-4-8;10-7-5-3-1-2-4-6(5)8(11)9-7;1-4-10-7(9)5(2)6(3)8;2-1-3;;;;/h5-8,10-11H,4,9H2,1-3H3,(H,17,19,21);3-7,9H,1,8H2,2H3,(H,15,17,19);2-6H,1,7H2,(H3,11,12,13);2-6H,1,7H2;2-6H,1,7,10H2;1-4H,(H,9,10,11);5H,4H2,1-3H3;3H;2*1H4;;/q;;;;;;;;;;2*+1/p-2. The third-order valence-electron chi connectivity index (χ3n) is 14.4. The Hall–Kier alpha value is -8.14. The van der Waals surface area contributed by atoms with Gasteiger partial charge in [-0.1, -0.05) is 225 Å². The number of halogens is 1. The van der Waals surface area contributed by atoms with Crippen LogP contribution in [0.1, 0.15) is 152 Å². The molecule has 3 aliphatic rings. The third-order valence-corrected chi connectivity index (χ3v) is 14.7. The average Bonchev–Trinajstić information content (AvgIpc) is 1.80. The monoisotopic (exact) mass is 1450 g/mol. The molecule has 0 bridgehead atoms. The Bertz CT molecular complexity index is 3670. The molecule has 2 fully saturated rings. The molecule has 9 rings (SSSR count). The molecule has 0 aromatic heterocycles. The number of primary amides is 1. The van der Waals surface area contributed by atoms with E-state index in [2.05, 4.69) is 66.2 Å². The molecule has 12 amide bonds. The Morgan fingerprint density at radius 3 is 1.27 bits per heavy atom. The first-order valence-corrected chi connectivity index (χ1v) is 30.9. The summed E-state index contributed by atoms with van der Waals surface area (Å²) < 4.78 is 4.61. The first kappa shape index (κ1) is 97.0. The Balaban J connectivity index is -0.00000112. The zero-order chi connectivity index (χ0) is 72.7. The van der Waals surface area contributed by atoms with Crippen molar-refractivity contribution in [2.45, 2.75) is 108 Å². The molecule has 4 atom stereocenters. The van der Waals surface area contributed by atoms with Crippen LogP contribution in [0.4, 0.5) is 14.4 Å². The smallest absolute Gasteiger partial charge is 0.812 e. The first-order valence-electron chi connectivity index (χ1n) is 30.3. The van der Waals surface area contributed by atoms with Crippen LogP contribution in [0.2, 0.25) is 0 Å². The number of barbiturate groups is 2. The van der Waals surface area contributed by atoms with Crippen molar-refractivity contribution in [2.75, 3.05) is 6.61 Å². The van der Waals surface area contributed by atoms with Crippen LogP contribution in [-0.4, -0.2) is 81.7 Å². The van der Waals surface area contributed by atoms with Gasteiger partial charge in [0.1, 0.15) is 23.5 Å². The molecule has 0 spiro atoms. The van der Waals surface area contributed by atoms with Crippen molar-refractivity contribution < 1.29 is 165 Å². The average molecular weight is 1450 g/mol. The molecule has 526 valence electrons. The van der Waals surface area contributed by atoms with E-state index in [-0.39, 0.29) is 136 Å². The predicted molar refractivity (Wildman–Crippen MR) is 386 cm³/mol. The summed E-state index contributed by atoms with van der Waals surface area (Å²) in [5.74, 6) is -4.64. The van der Waals surface area contributed by atoms with E-state index >= 15 is 0 Å². The molecule has 7 N–H and O–H groups in total. The van der Waals surface area contributed by atoms with E-state index in [1.165, 1.54) is 26.3 Å². The number of nitrogens with two attached hydrogens (primary N) is 2. The third kappa shape index (κ3) is 34.4. The molecule has 2 saturated heterocycles. The Morgan fingerprint density at radius 1 is 0.624 bits per heavy atom. The van der Waals surface area contributed by atoms with Gasteiger partial charge in [0.25, 0.3) is 0 Å². The fourth-order valence-corrected chi connectivity index (χ4v) is 8.24. The molecule has 3 heterocycles. The van der Waals surface area contributed by atoms with E-state index in [1.807, 2.05) is 133 Å². The van der Waals surface area contributed by atoms with Crippen molar-refractivity contribution in [3.63, 3.8) is 0 Å². The van der Waals surface area contributed by atoms with Gasteiger partial charge < -0.3 is 41.5 Å². The van der Waals surface area contributed by atoms with Crippen LogP contribution in [0.5, 0.6) is 0 Å². The van der Waals surface area contributed by atoms with E-state index < -0.39 is 77.3 Å². The minimum atomic E-state index is -0.829. The Labute approximate surface area is 683 Å². The maximum Gasteiger partial charge on any atom is 1.00 e.